The lowest BCUT2D eigenvalue weighted by Crippen LogP contribution is -2.33. The zero-order chi connectivity index (χ0) is 16.4. The second-order valence-corrected chi connectivity index (χ2v) is 5.53. The van der Waals surface area contributed by atoms with Gasteiger partial charge in [0.2, 0.25) is 5.91 Å². The van der Waals surface area contributed by atoms with Gasteiger partial charge in [-0.2, -0.15) is 4.73 Å². The van der Waals surface area contributed by atoms with E-state index in [1.165, 1.54) is 0 Å². The summed E-state index contributed by atoms with van der Waals surface area (Å²) in [6.07, 6.45) is 2.67. The monoisotopic (exact) mass is 318 g/mol. The molecule has 2 aromatic rings. The van der Waals surface area contributed by atoms with Gasteiger partial charge in [-0.05, 0) is 37.1 Å². The van der Waals surface area contributed by atoms with Crippen molar-refractivity contribution in [2.24, 2.45) is 0 Å². The molecular formula is C17H22N2O4. The molecule has 0 spiro atoms. The molecule has 1 unspecified atom stereocenters. The highest BCUT2D eigenvalue weighted by Gasteiger charge is 2.32. The van der Waals surface area contributed by atoms with Crippen LogP contribution in [0.5, 0.6) is 5.75 Å². The summed E-state index contributed by atoms with van der Waals surface area (Å²) < 4.78 is 12.4. The molecule has 1 fully saturated rings. The van der Waals surface area contributed by atoms with E-state index in [0.29, 0.717) is 19.8 Å². The smallest absolute Gasteiger partial charge is 0.221 e. The minimum absolute atomic E-state index is 0.0404. The van der Waals surface area contributed by atoms with E-state index in [1.807, 2.05) is 31.3 Å². The molecule has 6 heteroatoms. The number of nitrogens with zero attached hydrogens (tertiary/aromatic N) is 2. The summed E-state index contributed by atoms with van der Waals surface area (Å²) in [5, 5.41) is 1.08. The molecule has 0 N–H and O–H groups in total. The number of hydrogen-bond donors (Lipinski definition) is 0. The van der Waals surface area contributed by atoms with E-state index < -0.39 is 0 Å². The van der Waals surface area contributed by atoms with Gasteiger partial charge < -0.3 is 19.2 Å². The van der Waals surface area contributed by atoms with Gasteiger partial charge in [-0.1, -0.05) is 0 Å². The third-order valence-electron chi connectivity index (χ3n) is 4.02. The number of amides is 1. The van der Waals surface area contributed by atoms with Crippen molar-refractivity contribution in [3.8, 4) is 5.75 Å². The summed E-state index contributed by atoms with van der Waals surface area (Å²) in [7, 11) is 1.66. The SMILES string of the molecule is CCOn1cc(CCN(C(C)=O)C2CO2)c2cc(OC)ccc21. The first-order valence-corrected chi connectivity index (χ1v) is 7.84. The molecule has 0 radical (unpaired) electrons. The van der Waals surface area contributed by atoms with Crippen molar-refractivity contribution in [3.05, 3.63) is 30.0 Å². The number of rotatable bonds is 7. The molecule has 3 rings (SSSR count). The predicted molar refractivity (Wildman–Crippen MR) is 86.4 cm³/mol. The number of aromatic nitrogens is 1. The molecule has 1 saturated heterocycles. The van der Waals surface area contributed by atoms with Crippen molar-refractivity contribution in [1.29, 1.82) is 0 Å². The molecule has 124 valence electrons. The lowest BCUT2D eigenvalue weighted by Gasteiger charge is -2.17. The second-order valence-electron chi connectivity index (χ2n) is 5.53. The van der Waals surface area contributed by atoms with Crippen molar-refractivity contribution >= 4 is 16.8 Å². The number of methoxy groups -OCH3 is 1. The number of carbonyl (C=O) groups excluding carboxylic acids is 1. The topological polar surface area (TPSA) is 56.2 Å². The van der Waals surface area contributed by atoms with Gasteiger partial charge in [0.1, 0.15) is 12.4 Å². The molecular weight excluding hydrogens is 296 g/mol. The third-order valence-corrected chi connectivity index (χ3v) is 4.02. The highest BCUT2D eigenvalue weighted by Crippen LogP contribution is 2.26. The number of fused-ring (bicyclic) bond motifs is 1. The van der Waals surface area contributed by atoms with Crippen LogP contribution in [0.15, 0.2) is 24.4 Å². The van der Waals surface area contributed by atoms with Gasteiger partial charge in [0.25, 0.3) is 0 Å². The molecule has 1 aliphatic heterocycles. The van der Waals surface area contributed by atoms with Crippen LogP contribution < -0.4 is 9.57 Å². The highest BCUT2D eigenvalue weighted by molar-refractivity contribution is 5.85. The van der Waals surface area contributed by atoms with Crippen LogP contribution >= 0.6 is 0 Å². The highest BCUT2D eigenvalue weighted by atomic mass is 16.7. The van der Waals surface area contributed by atoms with E-state index in [1.54, 1.807) is 23.7 Å². The van der Waals surface area contributed by atoms with Crippen molar-refractivity contribution in [2.45, 2.75) is 26.5 Å². The van der Waals surface area contributed by atoms with Crippen LogP contribution in [-0.4, -0.2) is 48.6 Å². The van der Waals surface area contributed by atoms with Gasteiger partial charge in [-0.15, -0.1) is 0 Å². The van der Waals surface area contributed by atoms with Crippen LogP contribution in [0.1, 0.15) is 19.4 Å². The molecule has 1 atom stereocenters. The van der Waals surface area contributed by atoms with Crippen LogP contribution in [0.25, 0.3) is 10.9 Å². The van der Waals surface area contributed by atoms with Gasteiger partial charge in [-0.25, -0.2) is 0 Å². The first-order chi connectivity index (χ1) is 11.1. The first-order valence-electron chi connectivity index (χ1n) is 7.84. The summed E-state index contributed by atoms with van der Waals surface area (Å²) in [5.41, 5.74) is 2.12. The Kier molecular flexibility index (Phi) is 4.43. The largest absolute Gasteiger partial charge is 0.497 e. The van der Waals surface area contributed by atoms with Crippen molar-refractivity contribution < 1.29 is 19.1 Å². The Morgan fingerprint density at radius 2 is 2.26 bits per heavy atom. The van der Waals surface area contributed by atoms with Gasteiger partial charge in [0.15, 0.2) is 6.23 Å². The van der Waals surface area contributed by atoms with Gasteiger partial charge >= 0.3 is 0 Å². The fourth-order valence-corrected chi connectivity index (χ4v) is 2.79. The zero-order valence-corrected chi connectivity index (χ0v) is 13.7. The van der Waals surface area contributed by atoms with Crippen LogP contribution in [0, 0.1) is 0 Å². The molecule has 1 amide bonds. The number of hydrogen-bond acceptors (Lipinski definition) is 4. The van der Waals surface area contributed by atoms with Crippen LogP contribution in [0.4, 0.5) is 0 Å². The molecule has 0 saturated carbocycles. The van der Waals surface area contributed by atoms with E-state index >= 15 is 0 Å². The maximum atomic E-state index is 11.7. The molecule has 0 aliphatic carbocycles. The summed E-state index contributed by atoms with van der Waals surface area (Å²) >= 11 is 0. The van der Waals surface area contributed by atoms with Crippen molar-refractivity contribution in [2.75, 3.05) is 26.9 Å². The Bertz CT molecular complexity index is 706. The van der Waals surface area contributed by atoms with Gasteiger partial charge in [-0.3, -0.25) is 4.79 Å². The zero-order valence-electron chi connectivity index (χ0n) is 13.7. The Labute approximate surface area is 135 Å². The summed E-state index contributed by atoms with van der Waals surface area (Å²) in [5.74, 6) is 0.848. The molecule has 1 aromatic heterocycles. The third kappa shape index (κ3) is 3.27. The Hall–Kier alpha value is -2.21. The Morgan fingerprint density at radius 3 is 2.87 bits per heavy atom. The molecule has 0 bridgehead atoms. The van der Waals surface area contributed by atoms with E-state index in [9.17, 15) is 4.79 Å². The normalized spacial score (nSPS) is 16.4. The van der Waals surface area contributed by atoms with Gasteiger partial charge in [0, 0.05) is 25.1 Å². The lowest BCUT2D eigenvalue weighted by molar-refractivity contribution is -0.130. The average Bonchev–Trinajstić information content (AvgIpc) is 3.31. The molecule has 6 nitrogen and oxygen atoms in total. The molecule has 1 aromatic carbocycles. The quantitative estimate of drug-likeness (QED) is 0.731. The number of ether oxygens (including phenoxy) is 2. The Morgan fingerprint density at radius 1 is 1.48 bits per heavy atom. The first kappa shape index (κ1) is 15.7. The standard InChI is InChI=1S/C17H22N2O4/c1-4-23-19-10-13(7-8-18(12(2)20)17-11-22-17)15-9-14(21-3)5-6-16(15)19/h5-6,9-10,17H,4,7-8,11H2,1-3H3. The minimum atomic E-state index is -0.0534. The summed E-state index contributed by atoms with van der Waals surface area (Å²) in [4.78, 5) is 19.1. The lowest BCUT2D eigenvalue weighted by atomic mass is 10.1. The molecule has 2 heterocycles. The van der Waals surface area contributed by atoms with E-state index in [2.05, 4.69) is 0 Å². The average molecular weight is 318 g/mol. The number of benzene rings is 1. The fraction of sp³-hybridized carbons (Fsp3) is 0.471. The maximum Gasteiger partial charge on any atom is 0.221 e. The van der Waals surface area contributed by atoms with Crippen molar-refractivity contribution in [1.82, 2.24) is 9.63 Å². The fourth-order valence-electron chi connectivity index (χ4n) is 2.79. The maximum absolute atomic E-state index is 11.7. The van der Waals surface area contributed by atoms with Crippen LogP contribution in [0.3, 0.4) is 0 Å². The van der Waals surface area contributed by atoms with Gasteiger partial charge in [0.05, 0.1) is 19.2 Å². The van der Waals surface area contributed by atoms with Crippen molar-refractivity contribution in [3.63, 3.8) is 0 Å². The van der Waals surface area contributed by atoms with Crippen LogP contribution in [0.2, 0.25) is 0 Å². The second kappa shape index (κ2) is 6.50. The summed E-state index contributed by atoms with van der Waals surface area (Å²) in [6.45, 7) is 5.38. The van der Waals surface area contributed by atoms with Crippen LogP contribution in [-0.2, 0) is 16.0 Å². The minimum Gasteiger partial charge on any atom is -0.497 e. The predicted octanol–water partition coefficient (Wildman–Crippen LogP) is 1.85. The Balaban J connectivity index is 1.87. The molecule has 1 aliphatic rings. The van der Waals surface area contributed by atoms with E-state index in [0.717, 1.165) is 28.6 Å². The van der Waals surface area contributed by atoms with E-state index in [4.69, 9.17) is 14.3 Å². The number of epoxide rings is 1. The van der Waals surface area contributed by atoms with E-state index in [-0.39, 0.29) is 12.1 Å². The number of carbonyl (C=O) groups is 1. The summed E-state index contributed by atoms with van der Waals surface area (Å²) in [6, 6.07) is 5.91. The molecule has 23 heavy (non-hydrogen) atoms.